The van der Waals surface area contributed by atoms with E-state index in [1.54, 1.807) is 0 Å². The highest BCUT2D eigenvalue weighted by Gasteiger charge is 2.42. The number of para-hydroxylation sites is 3. The predicted octanol–water partition coefficient (Wildman–Crippen LogP) is 13.1. The van der Waals surface area contributed by atoms with Crippen molar-refractivity contribution in [2.24, 2.45) is 0 Å². The van der Waals surface area contributed by atoms with Gasteiger partial charge in [0.05, 0.1) is 11.4 Å². The number of fused-ring (bicyclic) bond motifs is 8. The van der Waals surface area contributed by atoms with E-state index < -0.39 is 0 Å². The molecule has 3 aliphatic rings. The van der Waals surface area contributed by atoms with Crippen molar-refractivity contribution in [3.63, 3.8) is 0 Å². The molecule has 1 radical (unpaired) electrons. The van der Waals surface area contributed by atoms with Crippen molar-refractivity contribution in [2.75, 3.05) is 10.2 Å². The molecule has 0 fully saturated rings. The molecule has 0 saturated carbocycles. The van der Waals surface area contributed by atoms with Crippen LogP contribution >= 0.6 is 0 Å². The van der Waals surface area contributed by atoms with E-state index in [1.165, 1.54) is 68.6 Å². The Labute approximate surface area is 336 Å². The quantitative estimate of drug-likeness (QED) is 0.182. The van der Waals surface area contributed by atoms with Crippen molar-refractivity contribution in [2.45, 2.75) is 70.6 Å². The third-order valence-corrected chi connectivity index (χ3v) is 13.5. The summed E-state index contributed by atoms with van der Waals surface area (Å²) in [5, 5.41) is 6.23. The second-order valence-electron chi connectivity index (χ2n) is 18.3. The lowest BCUT2D eigenvalue weighted by atomic mass is 9.55. The van der Waals surface area contributed by atoms with Gasteiger partial charge in [-0.1, -0.05) is 138 Å². The van der Waals surface area contributed by atoms with Crippen molar-refractivity contribution in [3.8, 4) is 22.3 Å². The highest BCUT2D eigenvalue weighted by molar-refractivity contribution is 6.73. The van der Waals surface area contributed by atoms with Gasteiger partial charge in [0.25, 0.3) is 0 Å². The Hall–Kier alpha value is -6.00. The van der Waals surface area contributed by atoms with E-state index in [9.17, 15) is 0 Å². The Morgan fingerprint density at radius 3 is 2.16 bits per heavy atom. The summed E-state index contributed by atoms with van der Waals surface area (Å²) in [7, 11) is 2.42. The molecule has 3 nitrogen and oxygen atoms in total. The minimum Gasteiger partial charge on any atom is -0.455 e. The van der Waals surface area contributed by atoms with Gasteiger partial charge in [-0.25, -0.2) is 0 Å². The molecular weight excluding hydrogens is 691 g/mol. The first-order valence-corrected chi connectivity index (χ1v) is 20.5. The van der Waals surface area contributed by atoms with Crippen molar-refractivity contribution in [1.82, 2.24) is 0 Å². The molecule has 0 amide bonds. The molecule has 0 atom stereocenters. The van der Waals surface area contributed by atoms with E-state index in [-0.39, 0.29) is 16.2 Å². The summed E-state index contributed by atoms with van der Waals surface area (Å²) in [5.74, 6) is 0. The van der Waals surface area contributed by atoms with Crippen LogP contribution in [0.3, 0.4) is 0 Å². The average Bonchev–Trinajstić information content (AvgIpc) is 3.60. The fourth-order valence-electron chi connectivity index (χ4n) is 10.3. The van der Waals surface area contributed by atoms with Crippen LogP contribution in [-0.2, 0) is 16.2 Å². The van der Waals surface area contributed by atoms with Crippen molar-refractivity contribution < 1.29 is 4.42 Å². The van der Waals surface area contributed by atoms with E-state index in [0.29, 0.717) is 0 Å². The normalized spacial score (nSPS) is 16.6. The van der Waals surface area contributed by atoms with E-state index in [2.05, 4.69) is 199 Å². The Bertz CT molecular complexity index is 2950. The van der Waals surface area contributed by atoms with Crippen molar-refractivity contribution in [3.05, 3.63) is 162 Å². The molecule has 0 unspecified atom stereocenters. The molecule has 2 aliphatic heterocycles. The van der Waals surface area contributed by atoms with Crippen LogP contribution in [0.1, 0.15) is 76.6 Å². The highest BCUT2D eigenvalue weighted by Crippen LogP contribution is 2.54. The first-order chi connectivity index (χ1) is 27.5. The summed E-state index contributed by atoms with van der Waals surface area (Å²) < 4.78 is 6.97. The van der Waals surface area contributed by atoms with Crippen LogP contribution < -0.4 is 21.1 Å². The topological polar surface area (TPSA) is 28.4 Å². The van der Waals surface area contributed by atoms with Gasteiger partial charge in [0, 0.05) is 38.8 Å². The van der Waals surface area contributed by atoms with Gasteiger partial charge in [-0.2, -0.15) is 0 Å². The third-order valence-electron chi connectivity index (χ3n) is 13.5. The molecule has 1 aliphatic carbocycles. The van der Waals surface area contributed by atoms with E-state index in [1.807, 2.05) is 0 Å². The molecule has 0 spiro atoms. The first-order valence-electron chi connectivity index (χ1n) is 20.5. The first kappa shape index (κ1) is 34.3. The van der Waals surface area contributed by atoms with Crippen LogP contribution in [0.25, 0.3) is 44.2 Å². The Morgan fingerprint density at radius 2 is 1.32 bits per heavy atom. The molecule has 11 rings (SSSR count). The van der Waals surface area contributed by atoms with Gasteiger partial charge in [0.2, 0.25) is 0 Å². The molecule has 1 aromatic heterocycles. The number of hydrogen-bond acceptors (Lipinski definition) is 3. The number of furan rings is 1. The molecule has 1 N–H and O–H groups in total. The van der Waals surface area contributed by atoms with Crippen molar-refractivity contribution in [1.29, 1.82) is 0 Å². The zero-order chi connectivity index (χ0) is 38.8. The van der Waals surface area contributed by atoms with Gasteiger partial charge in [-0.3, -0.25) is 0 Å². The fourth-order valence-corrected chi connectivity index (χ4v) is 10.3. The Morgan fingerprint density at radius 1 is 0.579 bits per heavy atom. The van der Waals surface area contributed by atoms with Gasteiger partial charge >= 0.3 is 0 Å². The van der Waals surface area contributed by atoms with Crippen LogP contribution in [0.15, 0.2) is 144 Å². The SMILES string of the molecule is CC1(C)CCC(C)(C)c2cc(Nc3ccc4c(oc5ccccc54)c3-c3cc(-c4ccccc4)cc4c3[B]c3cccc5c3N4c3ccccc3C5(C)C)ccc21. The maximum absolute atomic E-state index is 6.97. The molecular formula is C53H46BN2O. The van der Waals surface area contributed by atoms with Gasteiger partial charge in [0.15, 0.2) is 7.28 Å². The molecule has 277 valence electrons. The molecule has 8 aromatic rings. The van der Waals surface area contributed by atoms with Gasteiger partial charge in [-0.15, -0.1) is 0 Å². The Kier molecular flexibility index (Phi) is 7.22. The highest BCUT2D eigenvalue weighted by atomic mass is 16.3. The predicted molar refractivity (Wildman–Crippen MR) is 241 cm³/mol. The second kappa shape index (κ2) is 12.0. The monoisotopic (exact) mass is 737 g/mol. The smallest absolute Gasteiger partial charge is 0.197 e. The lowest BCUT2D eigenvalue weighted by molar-refractivity contribution is 0.332. The number of benzene rings is 7. The minimum atomic E-state index is -0.154. The maximum atomic E-state index is 6.97. The van der Waals surface area contributed by atoms with Crippen LogP contribution in [0.4, 0.5) is 28.4 Å². The number of nitrogens with one attached hydrogen (secondary N) is 1. The maximum Gasteiger partial charge on any atom is 0.197 e. The van der Waals surface area contributed by atoms with Crippen LogP contribution in [0.2, 0.25) is 0 Å². The molecule has 0 bridgehead atoms. The summed E-state index contributed by atoms with van der Waals surface area (Å²) in [6.07, 6.45) is 2.36. The minimum absolute atomic E-state index is 0.0949. The van der Waals surface area contributed by atoms with Gasteiger partial charge in [0.1, 0.15) is 11.2 Å². The van der Waals surface area contributed by atoms with Gasteiger partial charge in [-0.05, 0) is 117 Å². The summed E-state index contributed by atoms with van der Waals surface area (Å²) in [4.78, 5) is 2.54. The summed E-state index contributed by atoms with van der Waals surface area (Å²) in [5.41, 5.74) is 20.2. The lowest BCUT2D eigenvalue weighted by Gasteiger charge is -2.46. The fraction of sp³-hybridized carbons (Fsp3) is 0.208. The number of rotatable bonds is 4. The summed E-state index contributed by atoms with van der Waals surface area (Å²) in [6, 6.07) is 51.4. The summed E-state index contributed by atoms with van der Waals surface area (Å²) in [6.45, 7) is 14.3. The molecule has 0 saturated heterocycles. The van der Waals surface area contributed by atoms with E-state index in [4.69, 9.17) is 4.42 Å². The van der Waals surface area contributed by atoms with Crippen LogP contribution in [0, 0.1) is 0 Å². The zero-order valence-electron chi connectivity index (χ0n) is 33.6. The van der Waals surface area contributed by atoms with Gasteiger partial charge < -0.3 is 14.6 Å². The number of anilines is 5. The molecule has 3 heterocycles. The standard InChI is InChI=1S/C53H46BN2O/c1-51(2)27-28-52(3,4)41-31-34(23-25-38(41)51)55-43-26-24-36-35-17-10-13-22-46(35)57-50(36)47(43)37-29-33(32-15-8-7-9-16-32)30-45-48(37)54-42-20-14-19-40-49(42)56(45)44-21-12-11-18-39(44)53(40,5)6/h7-26,29-31,55H,27-28H2,1-6H3. The zero-order valence-corrected chi connectivity index (χ0v) is 33.6. The molecule has 7 aromatic carbocycles. The Balaban J connectivity index is 1.21. The third kappa shape index (κ3) is 5.05. The number of hydrogen-bond donors (Lipinski definition) is 1. The van der Waals surface area contributed by atoms with Crippen molar-refractivity contribution >= 4 is 68.6 Å². The number of nitrogens with zero attached hydrogens (tertiary/aromatic N) is 1. The largest absolute Gasteiger partial charge is 0.455 e. The van der Waals surface area contributed by atoms with E-state index in [0.717, 1.165) is 50.0 Å². The lowest BCUT2D eigenvalue weighted by Crippen LogP contribution is -2.45. The molecule has 57 heavy (non-hydrogen) atoms. The van der Waals surface area contributed by atoms with Crippen LogP contribution in [-0.4, -0.2) is 7.28 Å². The van der Waals surface area contributed by atoms with Crippen LogP contribution in [0.5, 0.6) is 0 Å². The molecule has 4 heteroatoms. The van der Waals surface area contributed by atoms with E-state index >= 15 is 0 Å². The second-order valence-corrected chi connectivity index (χ2v) is 18.3. The summed E-state index contributed by atoms with van der Waals surface area (Å²) >= 11 is 0. The average molecular weight is 738 g/mol.